The van der Waals surface area contributed by atoms with Gasteiger partial charge in [0.15, 0.2) is 11.6 Å². The number of aromatic nitrogens is 6. The number of anilines is 3. The maximum Gasteiger partial charge on any atom is 0.416 e. The van der Waals surface area contributed by atoms with Gasteiger partial charge in [0.05, 0.1) is 5.56 Å². The molecule has 0 unspecified atom stereocenters. The third-order valence-corrected chi connectivity index (χ3v) is 5.35. The zero-order chi connectivity index (χ0) is 24.3. The molecule has 1 saturated carbocycles. The number of hydrogen-bond donors (Lipinski definition) is 3. The molecule has 8 nitrogen and oxygen atoms in total. The lowest BCUT2D eigenvalue weighted by Crippen LogP contribution is -2.08. The van der Waals surface area contributed by atoms with Gasteiger partial charge in [-0.3, -0.25) is 10.1 Å². The van der Waals surface area contributed by atoms with Crippen molar-refractivity contribution in [3.05, 3.63) is 83.1 Å². The first-order valence-corrected chi connectivity index (χ1v) is 11.0. The van der Waals surface area contributed by atoms with E-state index in [2.05, 4.69) is 40.8 Å². The molecule has 0 radical (unpaired) electrons. The number of alkyl halides is 3. The first-order chi connectivity index (χ1) is 16.9. The Morgan fingerprint density at radius 1 is 0.971 bits per heavy atom. The Kier molecular flexibility index (Phi) is 6.13. The summed E-state index contributed by atoms with van der Waals surface area (Å²) in [6, 6.07) is 10.7. The quantitative estimate of drug-likeness (QED) is 0.311. The highest BCUT2D eigenvalue weighted by Gasteiger charge is 2.30. The van der Waals surface area contributed by atoms with Crippen LogP contribution in [0.4, 0.5) is 30.9 Å². The number of benzene rings is 1. The summed E-state index contributed by atoms with van der Waals surface area (Å²) >= 11 is 0. The number of H-pyrrole nitrogens is 1. The minimum absolute atomic E-state index is 0.259. The van der Waals surface area contributed by atoms with Crippen LogP contribution in [0, 0.1) is 0 Å². The molecule has 0 bridgehead atoms. The van der Waals surface area contributed by atoms with Crippen LogP contribution in [0.3, 0.4) is 0 Å². The van der Waals surface area contributed by atoms with E-state index in [-0.39, 0.29) is 11.8 Å². The van der Waals surface area contributed by atoms with E-state index in [9.17, 15) is 13.2 Å². The molecule has 1 fully saturated rings. The fourth-order valence-corrected chi connectivity index (χ4v) is 3.39. The van der Waals surface area contributed by atoms with Crippen molar-refractivity contribution in [1.29, 1.82) is 0 Å². The summed E-state index contributed by atoms with van der Waals surface area (Å²) in [5.74, 6) is 1.93. The van der Waals surface area contributed by atoms with Crippen molar-refractivity contribution in [1.82, 2.24) is 30.1 Å². The van der Waals surface area contributed by atoms with Crippen molar-refractivity contribution in [3.63, 3.8) is 0 Å². The predicted octanol–water partition coefficient (Wildman–Crippen LogP) is 5.41. The van der Waals surface area contributed by atoms with Crippen molar-refractivity contribution in [2.24, 2.45) is 0 Å². The van der Waals surface area contributed by atoms with Gasteiger partial charge in [-0.25, -0.2) is 0 Å². The van der Waals surface area contributed by atoms with E-state index in [0.29, 0.717) is 29.8 Å². The second kappa shape index (κ2) is 9.53. The molecule has 178 valence electrons. The molecule has 5 rings (SSSR count). The predicted molar refractivity (Wildman–Crippen MR) is 126 cm³/mol. The van der Waals surface area contributed by atoms with Gasteiger partial charge in [0.1, 0.15) is 0 Å². The summed E-state index contributed by atoms with van der Waals surface area (Å²) in [5.41, 5.74) is 1.70. The molecule has 0 amide bonds. The third kappa shape index (κ3) is 5.99. The number of hydrogen-bond acceptors (Lipinski definition) is 7. The highest BCUT2D eigenvalue weighted by Crippen LogP contribution is 2.39. The maximum absolute atomic E-state index is 13.0. The van der Waals surface area contributed by atoms with E-state index in [4.69, 9.17) is 0 Å². The summed E-state index contributed by atoms with van der Waals surface area (Å²) < 4.78 is 39.1. The van der Waals surface area contributed by atoms with Gasteiger partial charge in [-0.2, -0.15) is 33.2 Å². The van der Waals surface area contributed by atoms with E-state index in [1.807, 2.05) is 18.2 Å². The van der Waals surface area contributed by atoms with E-state index < -0.39 is 11.7 Å². The van der Waals surface area contributed by atoms with Crippen molar-refractivity contribution in [2.45, 2.75) is 31.5 Å². The van der Waals surface area contributed by atoms with Crippen LogP contribution in [0.5, 0.6) is 0 Å². The van der Waals surface area contributed by atoms with Crippen LogP contribution >= 0.6 is 0 Å². The second-order valence-electron chi connectivity index (χ2n) is 8.11. The number of pyridine rings is 1. The lowest BCUT2D eigenvalue weighted by Gasteiger charge is -2.08. The lowest BCUT2D eigenvalue weighted by molar-refractivity contribution is -0.137. The topological polar surface area (TPSA) is 104 Å². The molecule has 3 N–H and O–H groups in total. The van der Waals surface area contributed by atoms with Gasteiger partial charge in [-0.05, 0) is 54.3 Å². The highest BCUT2D eigenvalue weighted by molar-refractivity contribution is 5.68. The van der Waals surface area contributed by atoms with Crippen LogP contribution in [-0.2, 0) is 12.7 Å². The zero-order valence-corrected chi connectivity index (χ0v) is 18.4. The monoisotopic (exact) mass is 478 g/mol. The fraction of sp³-hybridized carbons (Fsp3) is 0.208. The molecule has 35 heavy (non-hydrogen) atoms. The van der Waals surface area contributed by atoms with Crippen LogP contribution in [0.2, 0.25) is 0 Å². The summed E-state index contributed by atoms with van der Waals surface area (Å²) in [7, 11) is 0. The van der Waals surface area contributed by atoms with Crippen LogP contribution in [-0.4, -0.2) is 30.1 Å². The van der Waals surface area contributed by atoms with Gasteiger partial charge in [0.25, 0.3) is 0 Å². The highest BCUT2D eigenvalue weighted by atomic mass is 19.4. The van der Waals surface area contributed by atoms with Gasteiger partial charge in [0.2, 0.25) is 11.9 Å². The molecule has 0 saturated heterocycles. The molecule has 11 heteroatoms. The normalized spacial score (nSPS) is 13.8. The largest absolute Gasteiger partial charge is 0.416 e. The van der Waals surface area contributed by atoms with Crippen LogP contribution < -0.4 is 10.6 Å². The Balaban J connectivity index is 1.39. The molecular formula is C24H21F3N8. The average molecular weight is 478 g/mol. The summed E-state index contributed by atoms with van der Waals surface area (Å²) in [6.45, 7) is 0.455. The molecule has 1 aliphatic rings. The molecule has 1 aromatic carbocycles. The number of aromatic amines is 1. The lowest BCUT2D eigenvalue weighted by atomic mass is 10.1. The van der Waals surface area contributed by atoms with Crippen LogP contribution in [0.1, 0.15) is 47.0 Å². The smallest absolute Gasteiger partial charge is 0.350 e. The maximum atomic E-state index is 13.0. The Morgan fingerprint density at radius 2 is 1.77 bits per heavy atom. The standard InChI is InChI=1S/C24H21F3N8/c25-24(26,27)18-3-1-2-15(12-18)4-7-20-30-22(29-14-16-8-10-28-11-9-16)33-23(31-20)32-21-13-19(34-35-21)17-5-6-17/h1-4,7-13,17H,5-6,14H2,(H3,29,30,31,32,33,34,35)/b7-4+. The molecule has 3 heterocycles. The van der Waals surface area contributed by atoms with Crippen molar-refractivity contribution < 1.29 is 13.2 Å². The molecular weight excluding hydrogens is 457 g/mol. The first kappa shape index (κ1) is 22.5. The summed E-state index contributed by atoms with van der Waals surface area (Å²) in [6.07, 6.45) is 4.31. The average Bonchev–Trinajstić information content (AvgIpc) is 3.60. The van der Waals surface area contributed by atoms with Crippen LogP contribution in [0.15, 0.2) is 54.9 Å². The van der Waals surface area contributed by atoms with Gasteiger partial charge >= 0.3 is 6.18 Å². The minimum atomic E-state index is -4.42. The molecule has 4 aromatic rings. The molecule has 1 aliphatic carbocycles. The fourth-order valence-electron chi connectivity index (χ4n) is 3.39. The van der Waals surface area contributed by atoms with Gasteiger partial charge in [-0.1, -0.05) is 18.2 Å². The van der Waals surface area contributed by atoms with Crippen molar-refractivity contribution >= 4 is 29.9 Å². The van der Waals surface area contributed by atoms with Gasteiger partial charge in [-0.15, -0.1) is 0 Å². The number of halogens is 3. The van der Waals surface area contributed by atoms with Crippen LogP contribution in [0.25, 0.3) is 12.2 Å². The van der Waals surface area contributed by atoms with E-state index in [1.54, 1.807) is 24.5 Å². The van der Waals surface area contributed by atoms with E-state index in [0.717, 1.165) is 36.2 Å². The Labute approximate surface area is 198 Å². The number of nitrogens with one attached hydrogen (secondary N) is 3. The molecule has 0 spiro atoms. The van der Waals surface area contributed by atoms with Crippen molar-refractivity contribution in [3.8, 4) is 0 Å². The summed E-state index contributed by atoms with van der Waals surface area (Å²) in [5, 5.41) is 13.5. The minimum Gasteiger partial charge on any atom is -0.350 e. The number of nitrogens with zero attached hydrogens (tertiary/aromatic N) is 5. The first-order valence-electron chi connectivity index (χ1n) is 11.0. The van der Waals surface area contributed by atoms with Gasteiger partial charge < -0.3 is 10.6 Å². The van der Waals surface area contributed by atoms with E-state index >= 15 is 0 Å². The summed E-state index contributed by atoms with van der Waals surface area (Å²) in [4.78, 5) is 17.2. The zero-order valence-electron chi connectivity index (χ0n) is 18.4. The number of rotatable bonds is 8. The Hall–Kier alpha value is -4.28. The molecule has 0 atom stereocenters. The Bertz CT molecular complexity index is 1330. The van der Waals surface area contributed by atoms with E-state index in [1.165, 1.54) is 12.1 Å². The van der Waals surface area contributed by atoms with Crippen molar-refractivity contribution in [2.75, 3.05) is 10.6 Å². The molecule has 3 aromatic heterocycles. The third-order valence-electron chi connectivity index (χ3n) is 5.35. The van der Waals surface area contributed by atoms with Gasteiger partial charge in [0, 0.05) is 36.6 Å². The Morgan fingerprint density at radius 3 is 2.54 bits per heavy atom. The SMILES string of the molecule is FC(F)(F)c1cccc(/C=C/c2nc(NCc3ccncc3)nc(Nc3cc(C4CC4)[nH]n3)n2)c1. The molecule has 0 aliphatic heterocycles. The second-order valence-corrected chi connectivity index (χ2v) is 8.11.